The van der Waals surface area contributed by atoms with Crippen LogP contribution in [-0.2, 0) is 6.54 Å². The molecule has 1 aliphatic rings. The number of nitrogens with one attached hydrogen (secondary N) is 1. The van der Waals surface area contributed by atoms with Crippen LogP contribution in [0.15, 0.2) is 85.2 Å². The first-order chi connectivity index (χ1) is 19.4. The number of imidazole rings is 1. The molecule has 200 valence electrons. The first-order valence-electron chi connectivity index (χ1n) is 12.6. The van der Waals surface area contributed by atoms with Crippen LogP contribution in [0.5, 0.6) is 5.75 Å². The summed E-state index contributed by atoms with van der Waals surface area (Å²) in [4.78, 5) is 33.0. The Morgan fingerprint density at radius 3 is 2.58 bits per heavy atom. The number of methoxy groups -OCH3 is 1. The number of nitrogens with zero attached hydrogens (tertiary/aromatic N) is 3. The van der Waals surface area contributed by atoms with Gasteiger partial charge in [0.25, 0.3) is 11.8 Å². The van der Waals surface area contributed by atoms with Crippen LogP contribution in [-0.4, -0.2) is 33.2 Å². The predicted octanol–water partition coefficient (Wildman–Crippen LogP) is 5.93. The van der Waals surface area contributed by atoms with Crippen LogP contribution < -0.4 is 10.1 Å². The van der Waals surface area contributed by atoms with Crippen LogP contribution in [0.3, 0.4) is 0 Å². The topological polar surface area (TPSA) is 75.9 Å². The van der Waals surface area contributed by atoms with E-state index in [-0.39, 0.29) is 17.2 Å². The number of benzene rings is 3. The van der Waals surface area contributed by atoms with Gasteiger partial charge in [-0.15, -0.1) is 0 Å². The van der Waals surface area contributed by atoms with Gasteiger partial charge in [0.1, 0.15) is 17.1 Å². The first kappa shape index (κ1) is 25.2. The first-order valence-corrected chi connectivity index (χ1v) is 12.6. The number of hydrogen-bond donors (Lipinski definition) is 1. The number of halogens is 2. The Balaban J connectivity index is 1.43. The van der Waals surface area contributed by atoms with Crippen molar-refractivity contribution in [1.29, 1.82) is 0 Å². The number of fused-ring (bicyclic) bond motifs is 2. The van der Waals surface area contributed by atoms with E-state index in [1.54, 1.807) is 30.2 Å². The summed E-state index contributed by atoms with van der Waals surface area (Å²) in [7, 11) is 1.60. The van der Waals surface area contributed by atoms with Crippen molar-refractivity contribution in [3.63, 3.8) is 0 Å². The van der Waals surface area contributed by atoms with E-state index in [1.165, 1.54) is 6.20 Å². The summed E-state index contributed by atoms with van der Waals surface area (Å²) in [6.45, 7) is 2.30. The van der Waals surface area contributed by atoms with E-state index >= 15 is 0 Å². The normalized spacial score (nSPS) is 14.4. The maximum atomic E-state index is 14.2. The maximum absolute atomic E-state index is 14.2. The molecule has 1 aliphatic heterocycles. The molecule has 1 atom stereocenters. The minimum atomic E-state index is -0.836. The molecule has 40 heavy (non-hydrogen) atoms. The number of carbonyl (C=O) groups is 2. The van der Waals surface area contributed by atoms with Crippen molar-refractivity contribution in [3.05, 3.63) is 130 Å². The lowest BCUT2D eigenvalue weighted by molar-refractivity contribution is 0.0735. The number of carbonyl (C=O) groups excluding carboxylic acids is 2. The second kappa shape index (κ2) is 9.92. The molecule has 0 aliphatic carbocycles. The monoisotopic (exact) mass is 538 g/mol. The van der Waals surface area contributed by atoms with Gasteiger partial charge in [-0.05, 0) is 47.9 Å². The van der Waals surface area contributed by atoms with Gasteiger partial charge in [-0.25, -0.2) is 13.8 Å². The van der Waals surface area contributed by atoms with E-state index in [0.29, 0.717) is 29.1 Å². The number of anilines is 1. The Labute approximate surface area is 228 Å². The predicted molar refractivity (Wildman–Crippen MR) is 145 cm³/mol. The number of ether oxygens (including phenoxy) is 1. The molecule has 0 saturated heterocycles. The largest absolute Gasteiger partial charge is 0.497 e. The molecule has 0 bridgehead atoms. The SMILES string of the molecule is COc1ccc(CN2C(=O)c3cccc(NC(=O)c4ncc5c(F)cc(F)cn45)c3C2c2ccccc2C)cc1. The fourth-order valence-corrected chi connectivity index (χ4v) is 5.26. The van der Waals surface area contributed by atoms with Gasteiger partial charge in [0, 0.05) is 35.6 Å². The average molecular weight is 539 g/mol. The minimum Gasteiger partial charge on any atom is -0.497 e. The molecule has 0 radical (unpaired) electrons. The Kier molecular flexibility index (Phi) is 6.26. The zero-order valence-corrected chi connectivity index (χ0v) is 21.7. The summed E-state index contributed by atoms with van der Waals surface area (Å²) in [5, 5.41) is 2.85. The summed E-state index contributed by atoms with van der Waals surface area (Å²) in [5.74, 6) is -1.97. The van der Waals surface area contributed by atoms with Crippen molar-refractivity contribution in [1.82, 2.24) is 14.3 Å². The Morgan fingerprint density at radius 2 is 1.82 bits per heavy atom. The molecule has 6 rings (SSSR count). The summed E-state index contributed by atoms with van der Waals surface area (Å²) < 4.78 is 34.5. The highest BCUT2D eigenvalue weighted by atomic mass is 19.1. The second-order valence-electron chi connectivity index (χ2n) is 9.60. The number of aryl methyl sites for hydroxylation is 1. The van der Waals surface area contributed by atoms with Crippen molar-refractivity contribution >= 4 is 23.0 Å². The van der Waals surface area contributed by atoms with Crippen LogP contribution in [0.2, 0.25) is 0 Å². The van der Waals surface area contributed by atoms with E-state index in [2.05, 4.69) is 10.3 Å². The smallest absolute Gasteiger partial charge is 0.292 e. The highest BCUT2D eigenvalue weighted by Crippen LogP contribution is 2.44. The third-order valence-corrected chi connectivity index (χ3v) is 7.19. The van der Waals surface area contributed by atoms with Gasteiger partial charge in [-0.3, -0.25) is 14.0 Å². The van der Waals surface area contributed by atoms with Gasteiger partial charge in [-0.1, -0.05) is 42.5 Å². The van der Waals surface area contributed by atoms with Crippen LogP contribution in [0.1, 0.15) is 49.3 Å². The molecule has 3 aromatic carbocycles. The molecule has 1 unspecified atom stereocenters. The third-order valence-electron chi connectivity index (χ3n) is 7.19. The molecule has 9 heteroatoms. The summed E-state index contributed by atoms with van der Waals surface area (Å²) in [6, 6.07) is 20.7. The minimum absolute atomic E-state index is 0.0246. The van der Waals surface area contributed by atoms with E-state index in [9.17, 15) is 18.4 Å². The van der Waals surface area contributed by atoms with Crippen LogP contribution in [0.4, 0.5) is 14.5 Å². The highest BCUT2D eigenvalue weighted by Gasteiger charge is 2.40. The van der Waals surface area contributed by atoms with Gasteiger partial charge in [0.05, 0.1) is 19.3 Å². The lowest BCUT2D eigenvalue weighted by Crippen LogP contribution is -2.29. The van der Waals surface area contributed by atoms with E-state index in [1.807, 2.05) is 55.5 Å². The van der Waals surface area contributed by atoms with Gasteiger partial charge < -0.3 is 15.0 Å². The van der Waals surface area contributed by atoms with Crippen molar-refractivity contribution in [3.8, 4) is 5.75 Å². The lowest BCUT2D eigenvalue weighted by atomic mass is 9.93. The fourth-order valence-electron chi connectivity index (χ4n) is 5.26. The maximum Gasteiger partial charge on any atom is 0.292 e. The fraction of sp³-hybridized carbons (Fsp3) is 0.129. The van der Waals surface area contributed by atoms with Crippen LogP contribution in [0, 0.1) is 18.6 Å². The molecular formula is C31H24F2N4O3. The lowest BCUT2D eigenvalue weighted by Gasteiger charge is -2.28. The van der Waals surface area contributed by atoms with Gasteiger partial charge in [0.15, 0.2) is 5.82 Å². The van der Waals surface area contributed by atoms with E-state index in [4.69, 9.17) is 4.74 Å². The molecule has 0 spiro atoms. The highest BCUT2D eigenvalue weighted by molar-refractivity contribution is 6.06. The number of amides is 2. The van der Waals surface area contributed by atoms with Crippen LogP contribution >= 0.6 is 0 Å². The average Bonchev–Trinajstić information content (AvgIpc) is 3.49. The molecule has 0 fully saturated rings. The zero-order chi connectivity index (χ0) is 28.0. The quantitative estimate of drug-likeness (QED) is 0.291. The standard InChI is InChI=1S/C31H24F2N4O3/c1-18-6-3-4-7-22(18)28-27-23(31(39)37(28)16-19-10-12-21(40-2)13-11-19)8-5-9-25(27)35-30(38)29-34-15-26-24(33)14-20(32)17-36(26)29/h3-15,17,28H,16H2,1-2H3,(H,35,38). The second-order valence-corrected chi connectivity index (χ2v) is 9.60. The number of aromatic nitrogens is 2. The molecule has 3 heterocycles. The van der Waals surface area contributed by atoms with Crippen LogP contribution in [0.25, 0.3) is 5.52 Å². The van der Waals surface area contributed by atoms with Crippen molar-refractivity contribution in [2.75, 3.05) is 12.4 Å². The molecule has 1 N–H and O–H groups in total. The number of hydrogen-bond acceptors (Lipinski definition) is 4. The van der Waals surface area contributed by atoms with Crippen molar-refractivity contribution in [2.24, 2.45) is 0 Å². The number of rotatable bonds is 6. The summed E-state index contributed by atoms with van der Waals surface area (Å²) in [6.07, 6.45) is 2.18. The Morgan fingerprint density at radius 1 is 1.05 bits per heavy atom. The third kappa shape index (κ3) is 4.25. The summed E-state index contributed by atoms with van der Waals surface area (Å²) >= 11 is 0. The Hall–Kier alpha value is -5.05. The summed E-state index contributed by atoms with van der Waals surface area (Å²) in [5.41, 5.74) is 4.31. The molecule has 2 aromatic heterocycles. The van der Waals surface area contributed by atoms with E-state index < -0.39 is 23.6 Å². The zero-order valence-electron chi connectivity index (χ0n) is 21.7. The van der Waals surface area contributed by atoms with Gasteiger partial charge in [0.2, 0.25) is 5.82 Å². The van der Waals surface area contributed by atoms with E-state index in [0.717, 1.165) is 33.4 Å². The van der Waals surface area contributed by atoms with Crippen molar-refractivity contribution in [2.45, 2.75) is 19.5 Å². The molecule has 0 saturated carbocycles. The molecule has 2 amide bonds. The van der Waals surface area contributed by atoms with Gasteiger partial charge >= 0.3 is 0 Å². The Bertz CT molecular complexity index is 1780. The number of pyridine rings is 1. The molecule has 5 aromatic rings. The van der Waals surface area contributed by atoms with Crippen molar-refractivity contribution < 1.29 is 23.1 Å². The van der Waals surface area contributed by atoms with Gasteiger partial charge in [-0.2, -0.15) is 0 Å². The molecule has 7 nitrogen and oxygen atoms in total. The molecular weight excluding hydrogens is 514 g/mol.